The highest BCUT2D eigenvalue weighted by Crippen LogP contribution is 2.50. The van der Waals surface area contributed by atoms with E-state index in [-0.39, 0.29) is 5.41 Å². The van der Waals surface area contributed by atoms with E-state index in [2.05, 4.69) is 48.3 Å². The van der Waals surface area contributed by atoms with Gasteiger partial charge in [-0.3, -0.25) is 4.90 Å². The van der Waals surface area contributed by atoms with Crippen molar-refractivity contribution in [1.29, 1.82) is 0 Å². The van der Waals surface area contributed by atoms with E-state index in [0.29, 0.717) is 12.7 Å². The molecule has 0 unspecified atom stereocenters. The van der Waals surface area contributed by atoms with Gasteiger partial charge >= 0.3 is 6.09 Å². The predicted octanol–water partition coefficient (Wildman–Crippen LogP) is 1.82. The lowest BCUT2D eigenvalue weighted by Gasteiger charge is -2.32. The molecule has 2 N–H and O–H groups in total. The standard InChI is InChI=1S/C15H21N3O2/c1-15-6-7-17(2)13(15)18(3)12-8-10(4-5-11(12)15)9-16-14(19)20/h4-5,8,13,16H,6-7,9H2,1-3H3,(H,19,20)/t13-,15+/m0/s1. The molecular weight excluding hydrogens is 254 g/mol. The van der Waals surface area contributed by atoms with Crippen LogP contribution in [0.25, 0.3) is 0 Å². The molecule has 2 aliphatic heterocycles. The minimum Gasteiger partial charge on any atom is -0.465 e. The smallest absolute Gasteiger partial charge is 0.404 e. The van der Waals surface area contributed by atoms with Crippen LogP contribution in [-0.4, -0.2) is 42.9 Å². The summed E-state index contributed by atoms with van der Waals surface area (Å²) in [6.07, 6.45) is 0.584. The van der Waals surface area contributed by atoms with Gasteiger partial charge in [-0.1, -0.05) is 19.1 Å². The maximum absolute atomic E-state index is 10.6. The summed E-state index contributed by atoms with van der Waals surface area (Å²) < 4.78 is 0. The van der Waals surface area contributed by atoms with Crippen LogP contribution in [0.15, 0.2) is 18.2 Å². The Hall–Kier alpha value is -1.75. The van der Waals surface area contributed by atoms with Gasteiger partial charge in [-0.2, -0.15) is 0 Å². The third-order valence-corrected chi connectivity index (χ3v) is 4.84. The molecule has 3 rings (SSSR count). The first-order valence-electron chi connectivity index (χ1n) is 6.97. The van der Waals surface area contributed by atoms with Crippen molar-refractivity contribution in [1.82, 2.24) is 10.2 Å². The highest BCUT2D eigenvalue weighted by atomic mass is 16.4. The van der Waals surface area contributed by atoms with E-state index in [4.69, 9.17) is 5.11 Å². The highest BCUT2D eigenvalue weighted by Gasteiger charge is 2.51. The number of hydrogen-bond acceptors (Lipinski definition) is 3. The Kier molecular flexibility index (Phi) is 2.90. The number of rotatable bonds is 2. The van der Waals surface area contributed by atoms with Gasteiger partial charge in [-0.15, -0.1) is 0 Å². The van der Waals surface area contributed by atoms with Crippen molar-refractivity contribution in [2.75, 3.05) is 25.5 Å². The summed E-state index contributed by atoms with van der Waals surface area (Å²) in [6.45, 7) is 3.81. The van der Waals surface area contributed by atoms with Crippen LogP contribution in [0.1, 0.15) is 24.5 Å². The Bertz CT molecular complexity index is 560. The molecule has 20 heavy (non-hydrogen) atoms. The Morgan fingerprint density at radius 3 is 2.95 bits per heavy atom. The third kappa shape index (κ3) is 1.77. The maximum Gasteiger partial charge on any atom is 0.404 e. The van der Waals surface area contributed by atoms with Gasteiger partial charge in [-0.05, 0) is 30.7 Å². The van der Waals surface area contributed by atoms with Crippen molar-refractivity contribution >= 4 is 11.8 Å². The summed E-state index contributed by atoms with van der Waals surface area (Å²) in [5.74, 6) is 0. The third-order valence-electron chi connectivity index (χ3n) is 4.84. The minimum absolute atomic E-state index is 0.178. The van der Waals surface area contributed by atoms with Crippen LogP contribution in [0.3, 0.4) is 0 Å². The lowest BCUT2D eigenvalue weighted by molar-refractivity contribution is 0.194. The fourth-order valence-corrected chi connectivity index (χ4v) is 3.91. The molecule has 5 nitrogen and oxygen atoms in total. The molecule has 0 aliphatic carbocycles. The molecule has 5 heteroatoms. The van der Waals surface area contributed by atoms with E-state index in [0.717, 1.165) is 18.5 Å². The van der Waals surface area contributed by atoms with Gasteiger partial charge in [0.25, 0.3) is 0 Å². The van der Waals surface area contributed by atoms with Crippen molar-refractivity contribution in [3.8, 4) is 0 Å². The second-order valence-corrected chi connectivity index (χ2v) is 6.14. The molecule has 0 aromatic heterocycles. The number of benzene rings is 1. The van der Waals surface area contributed by atoms with Gasteiger partial charge < -0.3 is 15.3 Å². The summed E-state index contributed by atoms with van der Waals surface area (Å²) in [4.78, 5) is 15.3. The minimum atomic E-state index is -0.984. The topological polar surface area (TPSA) is 55.8 Å². The molecular formula is C15H21N3O2. The number of carboxylic acid groups (broad SMARTS) is 1. The van der Waals surface area contributed by atoms with E-state index in [1.165, 1.54) is 11.3 Å². The van der Waals surface area contributed by atoms with Gasteiger partial charge in [-0.25, -0.2) is 4.79 Å². The number of fused-ring (bicyclic) bond motifs is 3. The van der Waals surface area contributed by atoms with Crippen molar-refractivity contribution in [2.45, 2.75) is 31.5 Å². The first kappa shape index (κ1) is 13.2. The first-order chi connectivity index (χ1) is 9.43. The van der Waals surface area contributed by atoms with Crippen molar-refractivity contribution < 1.29 is 9.90 Å². The van der Waals surface area contributed by atoms with Crippen molar-refractivity contribution in [2.24, 2.45) is 0 Å². The first-order valence-corrected chi connectivity index (χ1v) is 6.97. The Morgan fingerprint density at radius 1 is 1.50 bits per heavy atom. The molecule has 1 aromatic carbocycles. The number of hydrogen-bond donors (Lipinski definition) is 2. The monoisotopic (exact) mass is 275 g/mol. The molecule has 1 saturated heterocycles. The molecule has 108 valence electrons. The maximum atomic E-state index is 10.6. The largest absolute Gasteiger partial charge is 0.465 e. The molecule has 0 saturated carbocycles. The zero-order valence-corrected chi connectivity index (χ0v) is 12.2. The van der Waals surface area contributed by atoms with Gasteiger partial charge in [0.05, 0.1) is 6.17 Å². The quantitative estimate of drug-likeness (QED) is 0.864. The van der Waals surface area contributed by atoms with E-state index in [9.17, 15) is 4.79 Å². The molecule has 1 aromatic rings. The lowest BCUT2D eigenvalue weighted by Crippen LogP contribution is -2.45. The fourth-order valence-electron chi connectivity index (χ4n) is 3.91. The van der Waals surface area contributed by atoms with E-state index in [1.807, 2.05) is 6.07 Å². The molecule has 1 amide bonds. The number of nitrogens with zero attached hydrogens (tertiary/aromatic N) is 2. The molecule has 0 spiro atoms. The van der Waals surface area contributed by atoms with Gasteiger partial charge in [0.15, 0.2) is 0 Å². The number of nitrogens with one attached hydrogen (secondary N) is 1. The second kappa shape index (κ2) is 4.38. The zero-order chi connectivity index (χ0) is 14.5. The average molecular weight is 275 g/mol. The predicted molar refractivity (Wildman–Crippen MR) is 78.1 cm³/mol. The summed E-state index contributed by atoms with van der Waals surface area (Å²) in [5.41, 5.74) is 3.80. The van der Waals surface area contributed by atoms with Gasteiger partial charge in [0, 0.05) is 31.2 Å². The number of anilines is 1. The Morgan fingerprint density at radius 2 is 2.25 bits per heavy atom. The molecule has 2 heterocycles. The summed E-state index contributed by atoms with van der Waals surface area (Å²) in [5, 5.41) is 11.1. The molecule has 0 bridgehead atoms. The van der Waals surface area contributed by atoms with E-state index < -0.39 is 6.09 Å². The second-order valence-electron chi connectivity index (χ2n) is 6.14. The molecule has 0 radical (unpaired) electrons. The van der Waals surface area contributed by atoms with Crippen molar-refractivity contribution in [3.05, 3.63) is 29.3 Å². The normalized spacial score (nSPS) is 28.4. The highest BCUT2D eigenvalue weighted by molar-refractivity contribution is 5.67. The van der Waals surface area contributed by atoms with E-state index >= 15 is 0 Å². The molecule has 2 aliphatic rings. The van der Waals surface area contributed by atoms with Crippen LogP contribution in [0, 0.1) is 0 Å². The fraction of sp³-hybridized carbons (Fsp3) is 0.533. The number of likely N-dealkylation sites (tertiary alicyclic amines) is 1. The SMILES string of the molecule is CN1CC[C@]2(C)c3ccc(CNC(=O)O)cc3N(C)[C@H]12. The summed E-state index contributed by atoms with van der Waals surface area (Å²) in [7, 11) is 4.30. The van der Waals surface area contributed by atoms with Crippen LogP contribution in [0.5, 0.6) is 0 Å². The van der Waals surface area contributed by atoms with Crippen LogP contribution < -0.4 is 10.2 Å². The van der Waals surface area contributed by atoms with Crippen LogP contribution >= 0.6 is 0 Å². The summed E-state index contributed by atoms with van der Waals surface area (Å²) >= 11 is 0. The number of amides is 1. The lowest BCUT2D eigenvalue weighted by atomic mass is 9.81. The summed E-state index contributed by atoms with van der Waals surface area (Å²) in [6, 6.07) is 6.32. The Labute approximate surface area is 119 Å². The van der Waals surface area contributed by atoms with Crippen LogP contribution in [-0.2, 0) is 12.0 Å². The van der Waals surface area contributed by atoms with Gasteiger partial charge in [0.2, 0.25) is 0 Å². The van der Waals surface area contributed by atoms with Crippen molar-refractivity contribution in [3.63, 3.8) is 0 Å². The van der Waals surface area contributed by atoms with Crippen LogP contribution in [0.4, 0.5) is 10.5 Å². The number of likely N-dealkylation sites (N-methyl/N-ethyl adjacent to an activating group) is 2. The number of carbonyl (C=O) groups is 1. The average Bonchev–Trinajstić information content (AvgIpc) is 2.82. The van der Waals surface area contributed by atoms with E-state index in [1.54, 1.807) is 0 Å². The molecule has 1 fully saturated rings. The van der Waals surface area contributed by atoms with Gasteiger partial charge in [0.1, 0.15) is 0 Å². The van der Waals surface area contributed by atoms with Crippen LogP contribution in [0.2, 0.25) is 0 Å². The molecule has 2 atom stereocenters. The zero-order valence-electron chi connectivity index (χ0n) is 12.2. The Balaban J connectivity index is 1.94.